The molecule has 5 heteroatoms. The van der Waals surface area contributed by atoms with Crippen molar-refractivity contribution in [2.24, 2.45) is 0 Å². The van der Waals surface area contributed by atoms with E-state index in [2.05, 4.69) is 0 Å². The molecule has 1 heterocycles. The summed E-state index contributed by atoms with van der Waals surface area (Å²) in [5.41, 5.74) is 0.662. The third-order valence-electron chi connectivity index (χ3n) is 2.78. The van der Waals surface area contributed by atoms with Crippen molar-refractivity contribution in [2.75, 3.05) is 23.2 Å². The van der Waals surface area contributed by atoms with Gasteiger partial charge in [0.05, 0.1) is 18.0 Å². The number of rotatable bonds is 4. The average molecular weight is 255 g/mol. The van der Waals surface area contributed by atoms with Crippen LogP contribution in [0.5, 0.6) is 5.75 Å². The number of unbranched alkanes of at least 4 members (excludes halogenated alkanes) is 1. The summed E-state index contributed by atoms with van der Waals surface area (Å²) in [5, 5.41) is 0. The molecule has 0 bridgehead atoms. The summed E-state index contributed by atoms with van der Waals surface area (Å²) in [6, 6.07) is 7.27. The summed E-state index contributed by atoms with van der Waals surface area (Å²) in [6.45, 7) is 2.81. The summed E-state index contributed by atoms with van der Waals surface area (Å²) in [5.74, 6) is 0.858. The van der Waals surface area contributed by atoms with Gasteiger partial charge in [-0.05, 0) is 18.6 Å². The molecule has 0 aromatic heterocycles. The Morgan fingerprint density at radius 1 is 1.35 bits per heavy atom. The van der Waals surface area contributed by atoms with Gasteiger partial charge in [-0.2, -0.15) is 0 Å². The predicted octanol–water partition coefficient (Wildman–Crippen LogP) is 2.02. The van der Waals surface area contributed by atoms with Crippen LogP contribution in [0.1, 0.15) is 19.8 Å². The smallest absolute Gasteiger partial charge is 0.235 e. The van der Waals surface area contributed by atoms with Crippen LogP contribution in [-0.2, 0) is 10.0 Å². The van der Waals surface area contributed by atoms with E-state index in [0.29, 0.717) is 31.0 Å². The van der Waals surface area contributed by atoms with Gasteiger partial charge in [0.25, 0.3) is 0 Å². The molecule has 0 saturated heterocycles. The molecule has 1 aliphatic heterocycles. The van der Waals surface area contributed by atoms with E-state index in [9.17, 15) is 8.42 Å². The Bertz CT molecular complexity index is 484. The number of fused-ring (bicyclic) bond motifs is 1. The topological polar surface area (TPSA) is 46.6 Å². The van der Waals surface area contributed by atoms with Gasteiger partial charge in [0.1, 0.15) is 12.4 Å². The highest BCUT2D eigenvalue weighted by atomic mass is 32.2. The Morgan fingerprint density at radius 2 is 2.12 bits per heavy atom. The number of sulfonamides is 1. The first kappa shape index (κ1) is 12.2. The Labute approximate surface area is 102 Å². The summed E-state index contributed by atoms with van der Waals surface area (Å²) < 4.78 is 31.3. The summed E-state index contributed by atoms with van der Waals surface area (Å²) >= 11 is 0. The minimum absolute atomic E-state index is 0.206. The van der Waals surface area contributed by atoms with Crippen LogP contribution in [0.3, 0.4) is 0 Å². The maximum atomic E-state index is 12.2. The van der Waals surface area contributed by atoms with Crippen LogP contribution in [0, 0.1) is 0 Å². The van der Waals surface area contributed by atoms with Crippen LogP contribution in [0.2, 0.25) is 0 Å². The van der Waals surface area contributed by atoms with Gasteiger partial charge in [0.15, 0.2) is 0 Å². The Morgan fingerprint density at radius 3 is 2.88 bits per heavy atom. The molecule has 0 unspecified atom stereocenters. The number of benzene rings is 1. The van der Waals surface area contributed by atoms with Crippen LogP contribution in [0.15, 0.2) is 24.3 Å². The Kier molecular flexibility index (Phi) is 3.57. The van der Waals surface area contributed by atoms with Gasteiger partial charge >= 0.3 is 0 Å². The highest BCUT2D eigenvalue weighted by Gasteiger charge is 2.27. The lowest BCUT2D eigenvalue weighted by Crippen LogP contribution is -2.39. The molecule has 17 heavy (non-hydrogen) atoms. The van der Waals surface area contributed by atoms with Gasteiger partial charge in [-0.3, -0.25) is 4.31 Å². The van der Waals surface area contributed by atoms with E-state index < -0.39 is 10.0 Å². The van der Waals surface area contributed by atoms with Gasteiger partial charge in [-0.1, -0.05) is 25.5 Å². The molecule has 94 valence electrons. The highest BCUT2D eigenvalue weighted by Crippen LogP contribution is 2.32. The second kappa shape index (κ2) is 4.96. The lowest BCUT2D eigenvalue weighted by molar-refractivity contribution is 0.316. The Balaban J connectivity index is 2.29. The maximum Gasteiger partial charge on any atom is 0.235 e. The fourth-order valence-corrected chi connectivity index (χ4v) is 3.55. The zero-order chi connectivity index (χ0) is 12.3. The third kappa shape index (κ3) is 2.54. The van der Waals surface area contributed by atoms with Crippen molar-refractivity contribution in [1.29, 1.82) is 0 Å². The third-order valence-corrected chi connectivity index (χ3v) is 4.63. The van der Waals surface area contributed by atoms with Gasteiger partial charge in [0, 0.05) is 0 Å². The molecule has 0 radical (unpaired) electrons. The quantitative estimate of drug-likeness (QED) is 0.827. The predicted molar refractivity (Wildman–Crippen MR) is 68.0 cm³/mol. The molecule has 0 spiro atoms. The molecule has 2 rings (SSSR count). The van der Waals surface area contributed by atoms with Crippen molar-refractivity contribution in [1.82, 2.24) is 0 Å². The second-order valence-electron chi connectivity index (χ2n) is 4.06. The molecule has 0 aliphatic carbocycles. The van der Waals surface area contributed by atoms with Gasteiger partial charge in [-0.15, -0.1) is 0 Å². The van der Waals surface area contributed by atoms with E-state index in [0.717, 1.165) is 6.42 Å². The van der Waals surface area contributed by atoms with E-state index in [4.69, 9.17) is 4.74 Å². The molecule has 0 N–H and O–H groups in total. The highest BCUT2D eigenvalue weighted by molar-refractivity contribution is 7.92. The molecular weight excluding hydrogens is 238 g/mol. The molecule has 1 aromatic rings. The molecule has 0 fully saturated rings. The number of anilines is 1. The summed E-state index contributed by atoms with van der Waals surface area (Å²) in [4.78, 5) is 0. The lowest BCUT2D eigenvalue weighted by Gasteiger charge is -2.30. The number of hydrogen-bond donors (Lipinski definition) is 0. The van der Waals surface area contributed by atoms with Gasteiger partial charge < -0.3 is 4.74 Å². The van der Waals surface area contributed by atoms with Crippen molar-refractivity contribution in [3.63, 3.8) is 0 Å². The largest absolute Gasteiger partial charge is 0.489 e. The summed E-state index contributed by atoms with van der Waals surface area (Å²) in [6.07, 6.45) is 1.58. The SMILES string of the molecule is CCCCS(=O)(=O)N1CCOc2ccccc21. The first-order valence-electron chi connectivity index (χ1n) is 5.87. The molecule has 1 aromatic carbocycles. The van der Waals surface area contributed by atoms with E-state index in [1.807, 2.05) is 19.1 Å². The Hall–Kier alpha value is -1.23. The number of nitrogens with zero attached hydrogens (tertiary/aromatic N) is 1. The fraction of sp³-hybridized carbons (Fsp3) is 0.500. The standard InChI is InChI=1S/C12H17NO3S/c1-2-3-10-17(14,15)13-8-9-16-12-7-5-4-6-11(12)13/h4-7H,2-3,8-10H2,1H3. The fourth-order valence-electron chi connectivity index (χ4n) is 1.87. The maximum absolute atomic E-state index is 12.2. The van der Waals surface area contributed by atoms with Crippen molar-refractivity contribution < 1.29 is 13.2 Å². The average Bonchev–Trinajstić information content (AvgIpc) is 2.36. The second-order valence-corrected chi connectivity index (χ2v) is 6.07. The van der Waals surface area contributed by atoms with E-state index in [1.54, 1.807) is 12.1 Å². The number of ether oxygens (including phenoxy) is 1. The molecule has 4 nitrogen and oxygen atoms in total. The van der Waals surface area contributed by atoms with Crippen LogP contribution >= 0.6 is 0 Å². The minimum atomic E-state index is -3.21. The molecule has 1 aliphatic rings. The summed E-state index contributed by atoms with van der Waals surface area (Å²) in [7, 11) is -3.21. The number of hydrogen-bond acceptors (Lipinski definition) is 3. The van der Waals surface area contributed by atoms with Crippen LogP contribution in [0.25, 0.3) is 0 Å². The van der Waals surface area contributed by atoms with Crippen LogP contribution in [-0.4, -0.2) is 27.3 Å². The van der Waals surface area contributed by atoms with E-state index in [1.165, 1.54) is 4.31 Å². The molecule has 0 atom stereocenters. The van der Waals surface area contributed by atoms with Crippen molar-refractivity contribution in [3.05, 3.63) is 24.3 Å². The first-order chi connectivity index (χ1) is 8.15. The molecule has 0 saturated carbocycles. The molecular formula is C12H17NO3S. The zero-order valence-electron chi connectivity index (χ0n) is 9.93. The van der Waals surface area contributed by atoms with Crippen LogP contribution < -0.4 is 9.04 Å². The van der Waals surface area contributed by atoms with Crippen molar-refractivity contribution in [2.45, 2.75) is 19.8 Å². The van der Waals surface area contributed by atoms with Crippen molar-refractivity contribution >= 4 is 15.7 Å². The lowest BCUT2D eigenvalue weighted by atomic mass is 10.2. The monoisotopic (exact) mass is 255 g/mol. The van der Waals surface area contributed by atoms with Crippen molar-refractivity contribution in [3.8, 4) is 5.75 Å². The molecule has 0 amide bonds. The van der Waals surface area contributed by atoms with Gasteiger partial charge in [0.2, 0.25) is 10.0 Å². The normalized spacial score (nSPS) is 15.2. The van der Waals surface area contributed by atoms with E-state index >= 15 is 0 Å². The first-order valence-corrected chi connectivity index (χ1v) is 7.48. The van der Waals surface area contributed by atoms with E-state index in [-0.39, 0.29) is 5.75 Å². The van der Waals surface area contributed by atoms with Crippen LogP contribution in [0.4, 0.5) is 5.69 Å². The van der Waals surface area contributed by atoms with Gasteiger partial charge in [-0.25, -0.2) is 8.42 Å². The zero-order valence-corrected chi connectivity index (χ0v) is 10.7. The number of para-hydroxylation sites is 2. The minimum Gasteiger partial charge on any atom is -0.489 e.